The smallest absolute Gasteiger partial charge is 0.252 e. The van der Waals surface area contributed by atoms with Gasteiger partial charge in [-0.05, 0) is 54.5 Å². The number of hydrogen-bond acceptors (Lipinski definition) is 6. The Morgan fingerprint density at radius 2 is 2.07 bits per heavy atom. The molecule has 4 heterocycles. The SMILES string of the molecule is CCC1=NNC(=O)C12CCN(c1c(Cl)cncc1-c1ccc3c(c1)CSN3C)CC2. The molecule has 0 unspecified atom stereocenters. The number of pyridine rings is 1. The van der Waals surface area contributed by atoms with E-state index in [4.69, 9.17) is 11.6 Å². The van der Waals surface area contributed by atoms with Crippen LogP contribution in [0.4, 0.5) is 11.4 Å². The lowest BCUT2D eigenvalue weighted by molar-refractivity contribution is -0.127. The van der Waals surface area contributed by atoms with Gasteiger partial charge in [-0.2, -0.15) is 5.10 Å². The van der Waals surface area contributed by atoms with E-state index in [-0.39, 0.29) is 5.91 Å². The average Bonchev–Trinajstić information content (AvgIpc) is 3.28. The zero-order valence-corrected chi connectivity index (χ0v) is 18.7. The van der Waals surface area contributed by atoms with Crippen LogP contribution in [0.25, 0.3) is 11.1 Å². The Balaban J connectivity index is 1.47. The van der Waals surface area contributed by atoms with E-state index in [9.17, 15) is 4.79 Å². The lowest BCUT2D eigenvalue weighted by Crippen LogP contribution is -2.48. The summed E-state index contributed by atoms with van der Waals surface area (Å²) in [6.07, 6.45) is 5.90. The van der Waals surface area contributed by atoms with Crippen molar-refractivity contribution in [2.45, 2.75) is 31.9 Å². The second-order valence-electron chi connectivity index (χ2n) is 8.05. The van der Waals surface area contributed by atoms with Crippen LogP contribution in [0.15, 0.2) is 35.7 Å². The van der Waals surface area contributed by atoms with Gasteiger partial charge in [0.15, 0.2) is 0 Å². The highest BCUT2D eigenvalue weighted by molar-refractivity contribution is 8.00. The summed E-state index contributed by atoms with van der Waals surface area (Å²) in [5.41, 5.74) is 8.99. The second-order valence-corrected chi connectivity index (χ2v) is 9.56. The van der Waals surface area contributed by atoms with Gasteiger partial charge in [0.2, 0.25) is 0 Å². The molecule has 30 heavy (non-hydrogen) atoms. The third-order valence-electron chi connectivity index (χ3n) is 6.56. The van der Waals surface area contributed by atoms with Gasteiger partial charge in [0.25, 0.3) is 5.91 Å². The molecule has 2 aromatic rings. The number of carbonyl (C=O) groups is 1. The lowest BCUT2D eigenvalue weighted by atomic mass is 9.73. The predicted octanol–water partition coefficient (Wildman–Crippen LogP) is 4.48. The van der Waals surface area contributed by atoms with Crippen LogP contribution >= 0.6 is 23.5 Å². The topological polar surface area (TPSA) is 60.8 Å². The Labute approximate surface area is 185 Å². The number of fused-ring (bicyclic) bond motifs is 1. The van der Waals surface area contributed by atoms with Crippen molar-refractivity contribution in [2.75, 3.05) is 29.3 Å². The number of hydrazone groups is 1. The maximum absolute atomic E-state index is 12.6. The molecule has 1 aromatic carbocycles. The first kappa shape index (κ1) is 19.7. The Kier molecular flexibility index (Phi) is 4.90. The standard InChI is InChI=1S/C22H24ClN5OS/c1-3-19-22(21(29)26-25-19)6-8-28(9-7-22)20-16(11-24-12-17(20)23)14-4-5-18-15(10-14)13-30-27(18)2/h4-5,10-12H,3,6-9,13H2,1-2H3,(H,26,29). The number of halogens is 1. The molecule has 0 atom stereocenters. The van der Waals surface area contributed by atoms with Crippen molar-refractivity contribution >= 4 is 46.5 Å². The third-order valence-corrected chi connectivity index (χ3v) is 7.86. The summed E-state index contributed by atoms with van der Waals surface area (Å²) >= 11 is 8.48. The summed E-state index contributed by atoms with van der Waals surface area (Å²) < 4.78 is 2.21. The molecule has 156 valence electrons. The molecule has 1 saturated heterocycles. The number of benzene rings is 1. The molecule has 0 radical (unpaired) electrons. The molecule has 3 aliphatic heterocycles. The highest BCUT2D eigenvalue weighted by atomic mass is 35.5. The highest BCUT2D eigenvalue weighted by Crippen LogP contribution is 2.44. The molecule has 0 bridgehead atoms. The summed E-state index contributed by atoms with van der Waals surface area (Å²) in [7, 11) is 2.10. The molecule has 1 N–H and O–H groups in total. The fraction of sp³-hybridized carbons (Fsp3) is 0.409. The van der Waals surface area contributed by atoms with Gasteiger partial charge in [0.1, 0.15) is 0 Å². The highest BCUT2D eigenvalue weighted by Gasteiger charge is 2.48. The van der Waals surface area contributed by atoms with Crippen LogP contribution in [0.2, 0.25) is 5.02 Å². The van der Waals surface area contributed by atoms with Gasteiger partial charge in [0.05, 0.1) is 27.5 Å². The molecule has 6 nitrogen and oxygen atoms in total. The first-order valence-corrected chi connectivity index (χ1v) is 11.6. The summed E-state index contributed by atoms with van der Waals surface area (Å²) in [5, 5.41) is 4.94. The van der Waals surface area contributed by atoms with Crippen LogP contribution in [-0.4, -0.2) is 36.7 Å². The van der Waals surface area contributed by atoms with Crippen molar-refractivity contribution in [3.63, 3.8) is 0 Å². The summed E-state index contributed by atoms with van der Waals surface area (Å²) in [6, 6.07) is 6.57. The van der Waals surface area contributed by atoms with Gasteiger partial charge in [0, 0.05) is 43.8 Å². The number of nitrogens with zero attached hydrogens (tertiary/aromatic N) is 4. The van der Waals surface area contributed by atoms with E-state index >= 15 is 0 Å². The monoisotopic (exact) mass is 441 g/mol. The molecule has 5 rings (SSSR count). The molecule has 1 amide bonds. The number of nitrogens with one attached hydrogen (secondary N) is 1. The molecule has 0 saturated carbocycles. The van der Waals surface area contributed by atoms with Crippen molar-refractivity contribution < 1.29 is 4.79 Å². The van der Waals surface area contributed by atoms with Crippen LogP contribution in [0, 0.1) is 5.41 Å². The van der Waals surface area contributed by atoms with Crippen LogP contribution in [0.5, 0.6) is 0 Å². The molecular weight excluding hydrogens is 418 g/mol. The van der Waals surface area contributed by atoms with Gasteiger partial charge in [-0.25, -0.2) is 5.43 Å². The normalized spacial score (nSPS) is 19.8. The number of amides is 1. The molecule has 3 aliphatic rings. The van der Waals surface area contributed by atoms with Crippen LogP contribution < -0.4 is 14.6 Å². The summed E-state index contributed by atoms with van der Waals surface area (Å²) in [5.74, 6) is 1.02. The molecule has 1 spiro atoms. The number of hydrogen-bond donors (Lipinski definition) is 1. The minimum atomic E-state index is -0.458. The molecule has 8 heteroatoms. The van der Waals surface area contributed by atoms with Crippen molar-refractivity contribution in [3.8, 4) is 11.1 Å². The zero-order chi connectivity index (χ0) is 20.9. The Bertz CT molecular complexity index is 1050. The van der Waals surface area contributed by atoms with Crippen molar-refractivity contribution in [3.05, 3.63) is 41.2 Å². The van der Waals surface area contributed by atoms with Crippen LogP contribution in [0.1, 0.15) is 31.7 Å². The summed E-state index contributed by atoms with van der Waals surface area (Å²) in [6.45, 7) is 3.58. The van der Waals surface area contributed by atoms with E-state index in [1.165, 1.54) is 11.3 Å². The lowest BCUT2D eigenvalue weighted by Gasteiger charge is -2.40. The van der Waals surface area contributed by atoms with Gasteiger partial charge in [-0.1, -0.05) is 24.6 Å². The fourth-order valence-corrected chi connectivity index (χ4v) is 6.04. The van der Waals surface area contributed by atoms with Crippen molar-refractivity contribution in [1.29, 1.82) is 0 Å². The van der Waals surface area contributed by atoms with Gasteiger partial charge >= 0.3 is 0 Å². The minimum absolute atomic E-state index is 0.0419. The van der Waals surface area contributed by atoms with Gasteiger partial charge < -0.3 is 9.21 Å². The van der Waals surface area contributed by atoms with Crippen LogP contribution in [-0.2, 0) is 10.5 Å². The van der Waals surface area contributed by atoms with E-state index in [1.807, 2.05) is 18.1 Å². The van der Waals surface area contributed by atoms with Gasteiger partial charge in [-0.3, -0.25) is 9.78 Å². The van der Waals surface area contributed by atoms with Gasteiger partial charge in [-0.15, -0.1) is 0 Å². The Morgan fingerprint density at radius 1 is 1.27 bits per heavy atom. The number of aromatic nitrogens is 1. The van der Waals surface area contributed by atoms with E-state index in [1.54, 1.807) is 6.20 Å². The number of carbonyl (C=O) groups excluding carboxylic acids is 1. The maximum atomic E-state index is 12.6. The largest absolute Gasteiger partial charge is 0.370 e. The predicted molar refractivity (Wildman–Crippen MR) is 124 cm³/mol. The molecule has 1 aromatic heterocycles. The van der Waals surface area contributed by atoms with E-state index in [0.29, 0.717) is 5.02 Å². The molecule has 0 aliphatic carbocycles. The third kappa shape index (κ3) is 2.98. The maximum Gasteiger partial charge on any atom is 0.252 e. The quantitative estimate of drug-likeness (QED) is 0.711. The second kappa shape index (κ2) is 7.46. The molecular formula is C22H24ClN5OS. The minimum Gasteiger partial charge on any atom is -0.370 e. The zero-order valence-electron chi connectivity index (χ0n) is 17.1. The van der Waals surface area contributed by atoms with Crippen molar-refractivity contribution in [2.24, 2.45) is 10.5 Å². The Hall–Kier alpha value is -2.25. The van der Waals surface area contributed by atoms with E-state index in [0.717, 1.165) is 60.6 Å². The average molecular weight is 442 g/mol. The first-order chi connectivity index (χ1) is 14.5. The Morgan fingerprint density at radius 3 is 2.83 bits per heavy atom. The van der Waals surface area contributed by atoms with Crippen LogP contribution in [0.3, 0.4) is 0 Å². The first-order valence-electron chi connectivity index (χ1n) is 10.3. The molecule has 1 fully saturated rings. The number of rotatable bonds is 3. The van der Waals surface area contributed by atoms with E-state index < -0.39 is 5.41 Å². The summed E-state index contributed by atoms with van der Waals surface area (Å²) in [4.78, 5) is 19.2. The fourth-order valence-electron chi connectivity index (χ4n) is 4.88. The number of piperidine rings is 1. The number of anilines is 2. The van der Waals surface area contributed by atoms with Crippen molar-refractivity contribution in [1.82, 2.24) is 10.4 Å². The van der Waals surface area contributed by atoms with E-state index in [2.05, 4.69) is 56.9 Å².